The molecule has 2 aromatic rings. The van der Waals surface area contributed by atoms with Crippen LogP contribution in [0, 0.1) is 6.92 Å². The van der Waals surface area contributed by atoms with Crippen molar-refractivity contribution in [1.29, 1.82) is 0 Å². The summed E-state index contributed by atoms with van der Waals surface area (Å²) in [6, 6.07) is 16.9. The topological polar surface area (TPSA) is 78.4 Å². The van der Waals surface area contributed by atoms with Gasteiger partial charge in [0.15, 0.2) is 0 Å². The van der Waals surface area contributed by atoms with Crippen molar-refractivity contribution in [2.45, 2.75) is 33.2 Å². The van der Waals surface area contributed by atoms with Crippen LogP contribution in [-0.4, -0.2) is 29.6 Å². The summed E-state index contributed by atoms with van der Waals surface area (Å²) >= 11 is 0. The first kappa shape index (κ1) is 22.1. The highest BCUT2D eigenvalue weighted by molar-refractivity contribution is 5.95. The molecule has 0 saturated heterocycles. The molecule has 5 nitrogen and oxygen atoms in total. The zero-order chi connectivity index (χ0) is 20.1. The second-order valence-corrected chi connectivity index (χ2v) is 6.06. The number of hydrogen-bond acceptors (Lipinski definition) is 3. The van der Waals surface area contributed by atoms with Gasteiger partial charge in [0, 0.05) is 11.8 Å². The van der Waals surface area contributed by atoms with E-state index in [9.17, 15) is 9.59 Å². The van der Waals surface area contributed by atoms with Gasteiger partial charge in [0.05, 0.1) is 6.04 Å². The van der Waals surface area contributed by atoms with Crippen LogP contribution in [0.2, 0.25) is 0 Å². The maximum atomic E-state index is 11.8. The van der Waals surface area contributed by atoms with E-state index in [0.717, 1.165) is 35.9 Å². The summed E-state index contributed by atoms with van der Waals surface area (Å²) in [5.41, 5.74) is 2.87. The Balaban J connectivity index is 0.000000289. The largest absolute Gasteiger partial charge is 0.478 e. The number of rotatable bonds is 7. The third-order valence-electron chi connectivity index (χ3n) is 3.71. The van der Waals surface area contributed by atoms with Gasteiger partial charge >= 0.3 is 5.97 Å². The summed E-state index contributed by atoms with van der Waals surface area (Å²) < 4.78 is 0. The smallest absolute Gasteiger partial charge is 0.328 e. The Bertz CT molecular complexity index is 742. The molecule has 0 fully saturated rings. The lowest BCUT2D eigenvalue weighted by molar-refractivity contribution is -0.131. The zero-order valence-corrected chi connectivity index (χ0v) is 16.1. The van der Waals surface area contributed by atoms with Gasteiger partial charge in [-0.05, 0) is 50.1 Å². The Morgan fingerprint density at radius 3 is 2.30 bits per heavy atom. The van der Waals surface area contributed by atoms with Gasteiger partial charge in [0.2, 0.25) is 5.91 Å². The molecule has 0 saturated carbocycles. The van der Waals surface area contributed by atoms with E-state index in [1.165, 1.54) is 0 Å². The lowest BCUT2D eigenvalue weighted by Gasteiger charge is -2.14. The summed E-state index contributed by atoms with van der Waals surface area (Å²) in [7, 11) is 0. The van der Waals surface area contributed by atoms with Crippen LogP contribution in [0.3, 0.4) is 0 Å². The number of anilines is 1. The van der Waals surface area contributed by atoms with E-state index in [1.54, 1.807) is 6.08 Å². The summed E-state index contributed by atoms with van der Waals surface area (Å²) in [6.07, 6.45) is 3.71. The fourth-order valence-electron chi connectivity index (χ4n) is 2.14. The first-order valence-electron chi connectivity index (χ1n) is 9.00. The van der Waals surface area contributed by atoms with Gasteiger partial charge in [-0.1, -0.05) is 55.5 Å². The summed E-state index contributed by atoms with van der Waals surface area (Å²) in [6.45, 7) is 6.81. The number of carboxylic acid groups (broad SMARTS) is 1. The monoisotopic (exact) mass is 368 g/mol. The SMILES string of the molecule is CCCNC(C)C(=O)Nc1ccccc1C.O=C(O)/C=C/c1ccccc1. The third-order valence-corrected chi connectivity index (χ3v) is 3.71. The van der Waals surface area contributed by atoms with E-state index in [0.29, 0.717) is 0 Å². The van der Waals surface area contributed by atoms with Crippen molar-refractivity contribution in [2.75, 3.05) is 11.9 Å². The average Bonchev–Trinajstić information content (AvgIpc) is 2.67. The number of carbonyl (C=O) groups is 2. The quantitative estimate of drug-likeness (QED) is 0.643. The van der Waals surface area contributed by atoms with Crippen molar-refractivity contribution < 1.29 is 14.7 Å². The van der Waals surface area contributed by atoms with Crippen LogP contribution in [0.5, 0.6) is 0 Å². The molecule has 0 aliphatic carbocycles. The molecule has 1 amide bonds. The highest BCUT2D eigenvalue weighted by Gasteiger charge is 2.12. The van der Waals surface area contributed by atoms with Crippen LogP contribution >= 0.6 is 0 Å². The summed E-state index contributed by atoms with van der Waals surface area (Å²) in [4.78, 5) is 21.9. The molecule has 5 heteroatoms. The minimum atomic E-state index is -0.922. The average molecular weight is 368 g/mol. The number of carboxylic acids is 1. The second-order valence-electron chi connectivity index (χ2n) is 6.06. The van der Waals surface area contributed by atoms with Crippen LogP contribution in [0.1, 0.15) is 31.4 Å². The number of nitrogens with one attached hydrogen (secondary N) is 2. The molecule has 0 bridgehead atoms. The van der Waals surface area contributed by atoms with Gasteiger partial charge in [0.1, 0.15) is 0 Å². The predicted molar refractivity (Wildman–Crippen MR) is 111 cm³/mol. The predicted octanol–water partition coefficient (Wildman–Crippen LogP) is 4.11. The van der Waals surface area contributed by atoms with E-state index < -0.39 is 5.97 Å². The Kier molecular flexibility index (Phi) is 10.2. The van der Waals surface area contributed by atoms with Gasteiger partial charge in [-0.15, -0.1) is 0 Å². The molecular formula is C22H28N2O3. The van der Waals surface area contributed by atoms with Crippen molar-refractivity contribution in [2.24, 2.45) is 0 Å². The van der Waals surface area contributed by atoms with Gasteiger partial charge in [-0.3, -0.25) is 4.79 Å². The minimum Gasteiger partial charge on any atom is -0.478 e. The van der Waals surface area contributed by atoms with Crippen LogP contribution in [0.25, 0.3) is 6.08 Å². The maximum Gasteiger partial charge on any atom is 0.328 e. The third kappa shape index (κ3) is 9.37. The number of amides is 1. The van der Waals surface area contributed by atoms with Crippen molar-refractivity contribution in [1.82, 2.24) is 5.32 Å². The van der Waals surface area contributed by atoms with Gasteiger partial charge < -0.3 is 15.7 Å². The van der Waals surface area contributed by atoms with Crippen LogP contribution in [0.15, 0.2) is 60.7 Å². The summed E-state index contributed by atoms with van der Waals surface area (Å²) in [5, 5.41) is 14.4. The van der Waals surface area contributed by atoms with Crippen molar-refractivity contribution in [3.05, 3.63) is 71.8 Å². The molecular weight excluding hydrogens is 340 g/mol. The van der Waals surface area contributed by atoms with E-state index in [-0.39, 0.29) is 11.9 Å². The Labute approximate surface area is 161 Å². The number of carbonyl (C=O) groups excluding carboxylic acids is 1. The van der Waals surface area contributed by atoms with E-state index in [4.69, 9.17) is 5.11 Å². The molecule has 0 spiro atoms. The number of benzene rings is 2. The van der Waals surface area contributed by atoms with Crippen LogP contribution in [-0.2, 0) is 9.59 Å². The minimum absolute atomic E-state index is 0.0164. The van der Waals surface area contributed by atoms with Crippen molar-refractivity contribution in [3.63, 3.8) is 0 Å². The van der Waals surface area contributed by atoms with Gasteiger partial charge in [-0.25, -0.2) is 4.79 Å². The molecule has 0 aromatic heterocycles. The molecule has 1 unspecified atom stereocenters. The number of aliphatic carboxylic acids is 1. The van der Waals surface area contributed by atoms with Gasteiger partial charge in [-0.2, -0.15) is 0 Å². The molecule has 2 aromatic carbocycles. The standard InChI is InChI=1S/C13H20N2O.C9H8O2/c1-4-9-14-11(3)13(16)15-12-8-6-5-7-10(12)2;10-9(11)7-6-8-4-2-1-3-5-8/h5-8,11,14H,4,9H2,1-3H3,(H,15,16);1-7H,(H,10,11)/b;7-6+. The second kappa shape index (κ2) is 12.4. The molecule has 0 radical (unpaired) electrons. The zero-order valence-electron chi connectivity index (χ0n) is 16.1. The molecule has 144 valence electrons. The summed E-state index contributed by atoms with van der Waals surface area (Å²) in [5.74, 6) is -0.906. The Morgan fingerprint density at radius 1 is 1.07 bits per heavy atom. The van der Waals surface area contributed by atoms with E-state index >= 15 is 0 Å². The number of aryl methyl sites for hydroxylation is 1. The fraction of sp³-hybridized carbons (Fsp3) is 0.273. The normalized spacial score (nSPS) is 11.4. The number of hydrogen-bond donors (Lipinski definition) is 3. The van der Waals surface area contributed by atoms with E-state index in [1.807, 2.05) is 68.4 Å². The van der Waals surface area contributed by atoms with Crippen molar-refractivity contribution >= 4 is 23.6 Å². The molecule has 3 N–H and O–H groups in total. The molecule has 0 aliphatic heterocycles. The highest BCUT2D eigenvalue weighted by Crippen LogP contribution is 2.13. The Morgan fingerprint density at radius 2 is 1.70 bits per heavy atom. The molecule has 1 atom stereocenters. The van der Waals surface area contributed by atoms with E-state index in [2.05, 4.69) is 17.6 Å². The molecule has 27 heavy (non-hydrogen) atoms. The van der Waals surface area contributed by atoms with Crippen LogP contribution < -0.4 is 10.6 Å². The van der Waals surface area contributed by atoms with Gasteiger partial charge in [0.25, 0.3) is 0 Å². The first-order valence-corrected chi connectivity index (χ1v) is 9.00. The highest BCUT2D eigenvalue weighted by atomic mass is 16.4. The lowest BCUT2D eigenvalue weighted by Crippen LogP contribution is -2.38. The lowest BCUT2D eigenvalue weighted by atomic mass is 10.2. The molecule has 2 rings (SSSR count). The number of para-hydroxylation sites is 1. The maximum absolute atomic E-state index is 11.8. The Hall–Kier alpha value is -2.92. The molecule has 0 aliphatic rings. The fourth-order valence-corrected chi connectivity index (χ4v) is 2.14. The van der Waals surface area contributed by atoms with Crippen LogP contribution in [0.4, 0.5) is 5.69 Å². The first-order chi connectivity index (χ1) is 12.9. The molecule has 0 heterocycles. The van der Waals surface area contributed by atoms with Crippen molar-refractivity contribution in [3.8, 4) is 0 Å².